The van der Waals surface area contributed by atoms with E-state index in [9.17, 15) is 0 Å². The van der Waals surface area contributed by atoms with Crippen molar-refractivity contribution < 1.29 is 9.84 Å². The first-order valence-corrected chi connectivity index (χ1v) is 6.82. The quantitative estimate of drug-likeness (QED) is 0.679. The molecule has 0 aliphatic heterocycles. The maximum atomic E-state index is 8.65. The van der Waals surface area contributed by atoms with Crippen molar-refractivity contribution in [3.63, 3.8) is 0 Å². The Labute approximate surface area is 114 Å². The number of hydrogen-bond acceptors (Lipinski definition) is 3. The number of rotatable bonds is 9. The van der Waals surface area contributed by atoms with Crippen LogP contribution in [0.4, 0.5) is 0 Å². The van der Waals surface area contributed by atoms with Crippen LogP contribution in [0.2, 0.25) is 5.02 Å². The maximum absolute atomic E-state index is 8.65. The normalized spacial score (nSPS) is 10.6. The molecule has 0 fully saturated rings. The van der Waals surface area contributed by atoms with Crippen LogP contribution in [0, 0.1) is 0 Å². The van der Waals surface area contributed by atoms with Gasteiger partial charge in [0, 0.05) is 13.2 Å². The zero-order chi connectivity index (χ0) is 13.2. The molecule has 0 spiro atoms. The van der Waals surface area contributed by atoms with Crippen LogP contribution in [-0.4, -0.2) is 25.4 Å². The molecule has 0 heterocycles. The molecule has 18 heavy (non-hydrogen) atoms. The van der Waals surface area contributed by atoms with Gasteiger partial charge in [-0.2, -0.15) is 0 Å². The Morgan fingerprint density at radius 1 is 1.22 bits per heavy atom. The second kappa shape index (κ2) is 9.20. The van der Waals surface area contributed by atoms with Crippen LogP contribution in [0.5, 0.6) is 5.75 Å². The molecule has 1 aromatic rings. The van der Waals surface area contributed by atoms with Crippen molar-refractivity contribution in [3.05, 3.63) is 28.8 Å². The van der Waals surface area contributed by atoms with Crippen molar-refractivity contribution in [1.82, 2.24) is 5.32 Å². The van der Waals surface area contributed by atoms with E-state index in [0.717, 1.165) is 43.5 Å². The molecule has 0 bridgehead atoms. The van der Waals surface area contributed by atoms with E-state index < -0.39 is 0 Å². The highest BCUT2D eigenvalue weighted by atomic mass is 35.5. The molecule has 3 nitrogen and oxygen atoms in total. The van der Waals surface area contributed by atoms with Crippen molar-refractivity contribution in [1.29, 1.82) is 0 Å². The third-order valence-corrected chi connectivity index (χ3v) is 2.98. The number of benzene rings is 1. The average Bonchev–Trinajstić information content (AvgIpc) is 2.36. The summed E-state index contributed by atoms with van der Waals surface area (Å²) >= 11 is 6.14. The predicted molar refractivity (Wildman–Crippen MR) is 75.3 cm³/mol. The fourth-order valence-corrected chi connectivity index (χ4v) is 1.98. The molecule has 1 rings (SSSR count). The molecule has 0 atom stereocenters. The van der Waals surface area contributed by atoms with Gasteiger partial charge in [0.2, 0.25) is 0 Å². The number of ether oxygens (including phenoxy) is 1. The SMILES string of the molecule is CNCc1ccc(OCCCCCCO)c(Cl)c1. The second-order valence-corrected chi connectivity index (χ2v) is 4.69. The van der Waals surface area contributed by atoms with Gasteiger partial charge in [0.15, 0.2) is 0 Å². The van der Waals surface area contributed by atoms with E-state index in [1.807, 2.05) is 25.2 Å². The first-order valence-electron chi connectivity index (χ1n) is 6.44. The topological polar surface area (TPSA) is 41.5 Å². The molecule has 0 aliphatic carbocycles. The third-order valence-electron chi connectivity index (χ3n) is 2.69. The molecular formula is C14H22ClNO2. The van der Waals surface area contributed by atoms with E-state index >= 15 is 0 Å². The summed E-state index contributed by atoms with van der Waals surface area (Å²) in [5.41, 5.74) is 1.15. The molecule has 4 heteroatoms. The summed E-state index contributed by atoms with van der Waals surface area (Å²) in [7, 11) is 1.91. The van der Waals surface area contributed by atoms with Crippen molar-refractivity contribution in [3.8, 4) is 5.75 Å². The van der Waals surface area contributed by atoms with Gasteiger partial charge in [-0.3, -0.25) is 0 Å². The Kier molecular flexibility index (Phi) is 7.81. The van der Waals surface area contributed by atoms with E-state index in [-0.39, 0.29) is 6.61 Å². The lowest BCUT2D eigenvalue weighted by Gasteiger charge is -2.09. The third kappa shape index (κ3) is 5.71. The van der Waals surface area contributed by atoms with Crippen LogP contribution in [0.15, 0.2) is 18.2 Å². The number of aliphatic hydroxyl groups is 1. The van der Waals surface area contributed by atoms with Gasteiger partial charge in [0.25, 0.3) is 0 Å². The summed E-state index contributed by atoms with van der Waals surface area (Å²) in [5, 5.41) is 12.4. The van der Waals surface area contributed by atoms with E-state index in [1.165, 1.54) is 0 Å². The van der Waals surface area contributed by atoms with Crippen molar-refractivity contribution in [2.75, 3.05) is 20.3 Å². The molecule has 0 unspecified atom stereocenters. The van der Waals surface area contributed by atoms with E-state index in [1.54, 1.807) is 0 Å². The van der Waals surface area contributed by atoms with Gasteiger partial charge in [-0.05, 0) is 44.0 Å². The Hall–Kier alpha value is -0.770. The molecule has 0 saturated heterocycles. The van der Waals surface area contributed by atoms with Gasteiger partial charge in [-0.25, -0.2) is 0 Å². The van der Waals surface area contributed by atoms with Gasteiger partial charge in [0.05, 0.1) is 11.6 Å². The molecule has 0 saturated carbocycles. The van der Waals surface area contributed by atoms with Crippen LogP contribution in [0.3, 0.4) is 0 Å². The monoisotopic (exact) mass is 271 g/mol. The summed E-state index contributed by atoms with van der Waals surface area (Å²) in [6, 6.07) is 5.87. The Bertz CT molecular complexity index is 345. The number of hydrogen-bond donors (Lipinski definition) is 2. The average molecular weight is 272 g/mol. The molecule has 0 aliphatic rings. The smallest absolute Gasteiger partial charge is 0.137 e. The number of aliphatic hydroxyl groups excluding tert-OH is 1. The van der Waals surface area contributed by atoms with E-state index in [2.05, 4.69) is 5.32 Å². The highest BCUT2D eigenvalue weighted by molar-refractivity contribution is 6.32. The molecule has 0 amide bonds. The Balaban J connectivity index is 2.29. The first-order chi connectivity index (χ1) is 8.77. The standard InChI is InChI=1S/C14H22ClNO2/c1-16-11-12-6-7-14(13(15)10-12)18-9-5-3-2-4-8-17/h6-7,10,16-17H,2-5,8-9,11H2,1H3. The molecule has 0 radical (unpaired) electrons. The van der Waals surface area contributed by atoms with Crippen molar-refractivity contribution in [2.24, 2.45) is 0 Å². The molecule has 2 N–H and O–H groups in total. The summed E-state index contributed by atoms with van der Waals surface area (Å²) < 4.78 is 5.64. The number of halogens is 1. The molecule has 0 aromatic heterocycles. The van der Waals surface area contributed by atoms with Crippen LogP contribution in [-0.2, 0) is 6.54 Å². The number of unbranched alkanes of at least 4 members (excludes halogenated alkanes) is 3. The predicted octanol–water partition coefficient (Wildman–Crippen LogP) is 2.99. The summed E-state index contributed by atoms with van der Waals surface area (Å²) in [6.45, 7) is 1.76. The minimum Gasteiger partial charge on any atom is -0.492 e. The minimum absolute atomic E-state index is 0.277. The van der Waals surface area contributed by atoms with Gasteiger partial charge in [-0.1, -0.05) is 24.1 Å². The lowest BCUT2D eigenvalue weighted by Crippen LogP contribution is -2.05. The highest BCUT2D eigenvalue weighted by Crippen LogP contribution is 2.25. The lowest BCUT2D eigenvalue weighted by atomic mass is 10.2. The fraction of sp³-hybridized carbons (Fsp3) is 0.571. The first kappa shape index (κ1) is 15.3. The summed E-state index contributed by atoms with van der Waals surface area (Å²) in [4.78, 5) is 0. The van der Waals surface area contributed by atoms with E-state index in [4.69, 9.17) is 21.4 Å². The van der Waals surface area contributed by atoms with Crippen LogP contribution < -0.4 is 10.1 Å². The van der Waals surface area contributed by atoms with Gasteiger partial charge >= 0.3 is 0 Å². The molecule has 1 aromatic carbocycles. The Morgan fingerprint density at radius 3 is 2.67 bits per heavy atom. The minimum atomic E-state index is 0.277. The highest BCUT2D eigenvalue weighted by Gasteiger charge is 2.02. The zero-order valence-corrected chi connectivity index (χ0v) is 11.7. The zero-order valence-electron chi connectivity index (χ0n) is 10.9. The van der Waals surface area contributed by atoms with Crippen molar-refractivity contribution >= 4 is 11.6 Å². The summed E-state index contributed by atoms with van der Waals surface area (Å²) in [5.74, 6) is 0.749. The lowest BCUT2D eigenvalue weighted by molar-refractivity contribution is 0.273. The number of nitrogens with one attached hydrogen (secondary N) is 1. The van der Waals surface area contributed by atoms with Crippen molar-refractivity contribution in [2.45, 2.75) is 32.2 Å². The van der Waals surface area contributed by atoms with Gasteiger partial charge < -0.3 is 15.2 Å². The maximum Gasteiger partial charge on any atom is 0.137 e. The van der Waals surface area contributed by atoms with Crippen LogP contribution >= 0.6 is 11.6 Å². The fourth-order valence-electron chi connectivity index (χ4n) is 1.73. The van der Waals surface area contributed by atoms with Gasteiger partial charge in [-0.15, -0.1) is 0 Å². The molecule has 102 valence electrons. The molecular weight excluding hydrogens is 250 g/mol. The summed E-state index contributed by atoms with van der Waals surface area (Å²) in [6.07, 6.45) is 4.00. The largest absolute Gasteiger partial charge is 0.492 e. The Morgan fingerprint density at radius 2 is 2.00 bits per heavy atom. The van der Waals surface area contributed by atoms with Crippen LogP contribution in [0.1, 0.15) is 31.2 Å². The van der Waals surface area contributed by atoms with Gasteiger partial charge in [0.1, 0.15) is 5.75 Å². The van der Waals surface area contributed by atoms with E-state index in [0.29, 0.717) is 11.6 Å². The van der Waals surface area contributed by atoms with Crippen LogP contribution in [0.25, 0.3) is 0 Å². The second-order valence-electron chi connectivity index (χ2n) is 4.28.